The predicted molar refractivity (Wildman–Crippen MR) is 183 cm³/mol. The van der Waals surface area contributed by atoms with E-state index in [9.17, 15) is 22.8 Å². The molecule has 13 nitrogen and oxygen atoms in total. The van der Waals surface area contributed by atoms with Crippen molar-refractivity contribution in [1.82, 2.24) is 25.2 Å². The first-order chi connectivity index (χ1) is 24.3. The molecule has 276 valence electrons. The van der Waals surface area contributed by atoms with Crippen LogP contribution in [0.1, 0.15) is 75.2 Å². The first kappa shape index (κ1) is 37.2. The third-order valence-electron chi connectivity index (χ3n) is 7.90. The van der Waals surface area contributed by atoms with Gasteiger partial charge in [-0.25, -0.2) is 4.79 Å². The first-order valence-electron chi connectivity index (χ1n) is 17.0. The van der Waals surface area contributed by atoms with E-state index in [1.807, 2.05) is 45.0 Å². The summed E-state index contributed by atoms with van der Waals surface area (Å²) in [6.07, 6.45) is -0.116. The molecule has 16 heteroatoms. The Bertz CT molecular complexity index is 1640. The van der Waals surface area contributed by atoms with Crippen LogP contribution in [-0.4, -0.2) is 82.6 Å². The van der Waals surface area contributed by atoms with Gasteiger partial charge in [0.2, 0.25) is 11.9 Å². The van der Waals surface area contributed by atoms with Gasteiger partial charge in [0.15, 0.2) is 6.61 Å². The van der Waals surface area contributed by atoms with Crippen molar-refractivity contribution < 1.29 is 41.7 Å². The smallest absolute Gasteiger partial charge is 0.422 e. The topological polar surface area (TPSA) is 149 Å². The van der Waals surface area contributed by atoms with Gasteiger partial charge in [-0.2, -0.15) is 28.1 Å². The Labute approximate surface area is 294 Å². The number of rotatable bonds is 5. The number of nitrogens with zero attached hydrogens (tertiary/aromatic N) is 4. The molecule has 0 aliphatic carbocycles. The number of carbonyl (C=O) groups excluding carboxylic acids is 2. The Kier molecular flexibility index (Phi) is 12.3. The Morgan fingerprint density at radius 2 is 1.67 bits per heavy atom. The van der Waals surface area contributed by atoms with Gasteiger partial charge in [0.05, 0.1) is 24.8 Å². The number of carbonyl (C=O) groups is 2. The Morgan fingerprint density at radius 3 is 2.39 bits per heavy atom. The molecular formula is C35H44F3N7O6. The zero-order chi connectivity index (χ0) is 36.4. The van der Waals surface area contributed by atoms with Crippen molar-refractivity contribution in [1.29, 1.82) is 0 Å². The maximum atomic E-state index is 13.5. The van der Waals surface area contributed by atoms with Gasteiger partial charge in [0, 0.05) is 31.4 Å². The maximum Gasteiger partial charge on any atom is 0.422 e. The second-order valence-corrected chi connectivity index (χ2v) is 13.3. The van der Waals surface area contributed by atoms with E-state index in [1.54, 1.807) is 23.1 Å². The largest absolute Gasteiger partial charge is 0.494 e. The molecule has 1 aromatic heterocycles. The summed E-state index contributed by atoms with van der Waals surface area (Å²) < 4.78 is 61.3. The van der Waals surface area contributed by atoms with Crippen molar-refractivity contribution in [3.8, 4) is 17.5 Å². The molecule has 3 N–H and O–H groups in total. The van der Waals surface area contributed by atoms with Crippen molar-refractivity contribution in [3.63, 3.8) is 0 Å². The number of halogens is 3. The monoisotopic (exact) mass is 715 g/mol. The summed E-state index contributed by atoms with van der Waals surface area (Å²) >= 11 is 0. The van der Waals surface area contributed by atoms with Crippen molar-refractivity contribution >= 4 is 29.6 Å². The van der Waals surface area contributed by atoms with Crippen molar-refractivity contribution in [2.45, 2.75) is 83.7 Å². The summed E-state index contributed by atoms with van der Waals surface area (Å²) in [5.41, 5.74) is 0.902. The fourth-order valence-corrected chi connectivity index (χ4v) is 5.47. The maximum absolute atomic E-state index is 13.5. The molecule has 1 saturated heterocycles. The minimum atomic E-state index is -4.60. The Balaban J connectivity index is 1.36. The average Bonchev–Trinajstić information content (AvgIpc) is 3.55. The predicted octanol–water partition coefficient (Wildman–Crippen LogP) is 6.63. The number of fused-ring (bicyclic) bond motifs is 10. The van der Waals surface area contributed by atoms with E-state index in [0.29, 0.717) is 25.4 Å². The van der Waals surface area contributed by atoms with Crippen LogP contribution in [0.15, 0.2) is 42.5 Å². The van der Waals surface area contributed by atoms with Gasteiger partial charge in [-0.3, -0.25) is 4.79 Å². The van der Waals surface area contributed by atoms with Crippen molar-refractivity contribution in [3.05, 3.63) is 53.6 Å². The van der Waals surface area contributed by atoms with Gasteiger partial charge in [0.1, 0.15) is 17.1 Å². The number of ether oxygens (including phenoxy) is 4. The molecule has 1 unspecified atom stereocenters. The molecule has 0 radical (unpaired) electrons. The summed E-state index contributed by atoms with van der Waals surface area (Å²) in [4.78, 5) is 40.3. The van der Waals surface area contributed by atoms with Gasteiger partial charge in [-0.1, -0.05) is 12.1 Å². The zero-order valence-electron chi connectivity index (χ0n) is 29.0. The lowest BCUT2D eigenvalue weighted by Crippen LogP contribution is -2.45. The number of alkyl halides is 3. The lowest BCUT2D eigenvalue weighted by Gasteiger charge is -2.28. The Morgan fingerprint density at radius 1 is 0.941 bits per heavy atom. The summed E-state index contributed by atoms with van der Waals surface area (Å²) in [7, 11) is 0. The van der Waals surface area contributed by atoms with Crippen LogP contribution in [0.5, 0.6) is 17.5 Å². The molecule has 3 aliphatic rings. The van der Waals surface area contributed by atoms with E-state index in [4.69, 9.17) is 18.9 Å². The van der Waals surface area contributed by atoms with Crippen LogP contribution in [0.4, 0.5) is 35.5 Å². The van der Waals surface area contributed by atoms with E-state index in [-0.39, 0.29) is 42.3 Å². The first-order valence-corrected chi connectivity index (χ1v) is 17.0. The van der Waals surface area contributed by atoms with Crippen LogP contribution in [0.3, 0.4) is 0 Å². The molecule has 0 spiro atoms. The van der Waals surface area contributed by atoms with Crippen LogP contribution in [0.25, 0.3) is 0 Å². The summed E-state index contributed by atoms with van der Waals surface area (Å²) in [6.45, 7) is 5.75. The lowest BCUT2D eigenvalue weighted by atomic mass is 10.1. The molecule has 0 saturated carbocycles. The molecule has 6 bridgehead atoms. The van der Waals surface area contributed by atoms with Crippen molar-refractivity contribution in [2.75, 3.05) is 43.5 Å². The number of amides is 2. The highest BCUT2D eigenvalue weighted by Crippen LogP contribution is 2.28. The second-order valence-electron chi connectivity index (χ2n) is 13.3. The standard InChI is InChI=1S/C35H44F3N7O6/c1-34(2,3)51-33(47)45-16-8-9-25(45)21-39-29(46)27-15-12-24-19-28(27)49-18-7-5-4-6-17-48-26-13-10-23(11-14-26)20-40-30-42-31(41-24)44-32(43-30)50-22-35(36,37)38/h10-15,19,25H,4-9,16-18,20-22H2,1-3H3,(H,39,46)(H2,40,41,42,43,44). The highest BCUT2D eigenvalue weighted by Gasteiger charge is 2.33. The van der Waals surface area contributed by atoms with E-state index < -0.39 is 36.4 Å². The number of hydrogen-bond acceptors (Lipinski definition) is 11. The highest BCUT2D eigenvalue weighted by atomic mass is 19.4. The van der Waals surface area contributed by atoms with Gasteiger partial charge in [-0.05, 0) is 89.1 Å². The van der Waals surface area contributed by atoms with E-state index in [0.717, 1.165) is 49.8 Å². The molecule has 2 amide bonds. The molecule has 3 aliphatic heterocycles. The number of aromatic nitrogens is 3. The molecule has 4 heterocycles. The fourth-order valence-electron chi connectivity index (χ4n) is 5.47. The molecule has 6 rings (SSSR count). The molecular weight excluding hydrogens is 671 g/mol. The molecule has 2 aromatic carbocycles. The third-order valence-corrected chi connectivity index (χ3v) is 7.90. The van der Waals surface area contributed by atoms with Gasteiger partial charge in [-0.15, -0.1) is 0 Å². The van der Waals surface area contributed by atoms with Crippen LogP contribution >= 0.6 is 0 Å². The van der Waals surface area contributed by atoms with Crippen molar-refractivity contribution in [2.24, 2.45) is 0 Å². The zero-order valence-corrected chi connectivity index (χ0v) is 29.0. The van der Waals surface area contributed by atoms with Crippen LogP contribution in [0.2, 0.25) is 0 Å². The molecule has 1 atom stereocenters. The van der Waals surface area contributed by atoms with E-state index in [2.05, 4.69) is 30.9 Å². The summed E-state index contributed by atoms with van der Waals surface area (Å²) in [6, 6.07) is 11.5. The quantitative estimate of drug-likeness (QED) is 0.261. The average molecular weight is 716 g/mol. The Hall–Kier alpha value is -5.02. The van der Waals surface area contributed by atoms with Crippen LogP contribution in [0, 0.1) is 0 Å². The van der Waals surface area contributed by atoms with E-state index in [1.165, 1.54) is 0 Å². The highest BCUT2D eigenvalue weighted by molar-refractivity contribution is 5.97. The van der Waals surface area contributed by atoms with Gasteiger partial charge < -0.3 is 39.8 Å². The summed E-state index contributed by atoms with van der Waals surface area (Å²) in [5.74, 6) is 0.501. The molecule has 51 heavy (non-hydrogen) atoms. The minimum Gasteiger partial charge on any atom is -0.494 e. The number of benzene rings is 2. The normalized spacial score (nSPS) is 17.1. The number of nitrogens with one attached hydrogen (secondary N) is 3. The molecule has 1 fully saturated rings. The van der Waals surface area contributed by atoms with E-state index >= 15 is 0 Å². The number of hydrogen-bond donors (Lipinski definition) is 3. The van der Waals surface area contributed by atoms with Crippen LogP contribution < -0.4 is 30.2 Å². The lowest BCUT2D eigenvalue weighted by molar-refractivity contribution is -0.154. The second kappa shape index (κ2) is 16.8. The van der Waals surface area contributed by atoms with Gasteiger partial charge in [0.25, 0.3) is 5.91 Å². The van der Waals surface area contributed by atoms with Gasteiger partial charge >= 0.3 is 18.3 Å². The minimum absolute atomic E-state index is 0.0179. The fraction of sp³-hybridized carbons (Fsp3) is 0.514. The van der Waals surface area contributed by atoms with Crippen LogP contribution in [-0.2, 0) is 11.3 Å². The summed E-state index contributed by atoms with van der Waals surface area (Å²) in [5, 5.41) is 8.92. The number of anilines is 3. The SMILES string of the molecule is CC(C)(C)OC(=O)N1CCCC1CNC(=O)c1ccc2cc1OCCCCCCOc1ccc(cc1)CNc1nc(nc(OCC(F)(F)F)n1)N2. The molecule has 3 aromatic rings. The number of likely N-dealkylation sites (tertiary alicyclic amines) is 1. The third kappa shape index (κ3) is 11.8.